The molecular weight excluding hydrogens is 178 g/mol. The number of aliphatic carboxylic acids is 1. The van der Waals surface area contributed by atoms with E-state index < -0.39 is 12.1 Å². The van der Waals surface area contributed by atoms with E-state index in [4.69, 9.17) is 32.5 Å². The highest BCUT2D eigenvalue weighted by molar-refractivity contribution is 5.93. The fourth-order valence-electron chi connectivity index (χ4n) is 0.145. The zero-order chi connectivity index (χ0) is 11.0. The van der Waals surface area contributed by atoms with Gasteiger partial charge in [-0.1, -0.05) is 0 Å². The smallest absolute Gasteiger partial charge is 0.332 e. The van der Waals surface area contributed by atoms with Crippen LogP contribution < -0.4 is 16.8 Å². The molecule has 0 saturated heterocycles. The van der Waals surface area contributed by atoms with Gasteiger partial charge in [-0.3, -0.25) is 16.1 Å². The van der Waals surface area contributed by atoms with Gasteiger partial charge in [0.1, 0.15) is 6.10 Å². The van der Waals surface area contributed by atoms with Crippen molar-refractivity contribution >= 4 is 17.9 Å². The van der Waals surface area contributed by atoms with Crippen LogP contribution in [0.4, 0.5) is 0 Å². The first kappa shape index (κ1) is 13.7. The number of carbonyl (C=O) groups is 1. The summed E-state index contributed by atoms with van der Waals surface area (Å²) < 4.78 is 0. The quantitative estimate of drug-likeness (QED) is 0.183. The van der Waals surface area contributed by atoms with Crippen molar-refractivity contribution < 1.29 is 15.0 Å². The van der Waals surface area contributed by atoms with Gasteiger partial charge in [-0.05, 0) is 6.92 Å². The molecule has 0 bridgehead atoms. The Morgan fingerprint density at radius 2 is 1.62 bits per heavy atom. The van der Waals surface area contributed by atoms with E-state index in [0.29, 0.717) is 0 Å². The van der Waals surface area contributed by atoms with E-state index >= 15 is 0 Å². The molecule has 76 valence electrons. The minimum Gasteiger partial charge on any atom is -0.479 e. The second-order valence-corrected chi connectivity index (χ2v) is 1.97. The topological polar surface area (TPSA) is 169 Å². The number of aliphatic hydroxyl groups excluding tert-OH is 1. The molecule has 0 aliphatic heterocycles. The Morgan fingerprint density at radius 3 is 1.62 bits per heavy atom. The monoisotopic (exact) mass is 191 g/mol. The molecule has 1 atom stereocenters. The first-order chi connectivity index (χ1) is 5.77. The van der Waals surface area contributed by atoms with Crippen molar-refractivity contribution in [3.8, 4) is 0 Å². The number of guanidine groups is 2. The molecular formula is C5H13N5O3. The number of hydrogen-bond acceptors (Lipinski definition) is 4. The lowest BCUT2D eigenvalue weighted by atomic mass is 10.4. The predicted molar refractivity (Wildman–Crippen MR) is 46.3 cm³/mol. The number of nitrogens with one attached hydrogen (secondary N) is 3. The van der Waals surface area contributed by atoms with E-state index in [1.165, 1.54) is 6.92 Å². The number of carboxylic acid groups (broad SMARTS) is 1. The highest BCUT2D eigenvalue weighted by atomic mass is 16.4. The van der Waals surface area contributed by atoms with Gasteiger partial charge in [0.25, 0.3) is 0 Å². The van der Waals surface area contributed by atoms with E-state index in [-0.39, 0.29) is 11.9 Å². The predicted octanol–water partition coefficient (Wildman–Crippen LogP) is -2.19. The van der Waals surface area contributed by atoms with E-state index in [0.717, 1.165) is 0 Å². The average Bonchev–Trinajstić information content (AvgIpc) is 1.84. The van der Waals surface area contributed by atoms with Gasteiger partial charge in [-0.25, -0.2) is 4.79 Å². The molecule has 0 saturated carbocycles. The molecule has 0 heterocycles. The standard InChI is InChI=1S/C3H6O3.C2H7N5/c1-2(4)3(5)6;3-1(4)7-2(5)6/h2,4H,1H3,(H,5,6);(H7,3,4,5,6,7). The molecule has 0 fully saturated rings. The van der Waals surface area contributed by atoms with Crippen molar-refractivity contribution in [3.05, 3.63) is 0 Å². The first-order valence-corrected chi connectivity index (χ1v) is 3.13. The molecule has 8 heteroatoms. The number of aliphatic hydroxyl groups is 1. The third-order valence-corrected chi connectivity index (χ3v) is 0.627. The Labute approximate surface area is 74.6 Å². The van der Waals surface area contributed by atoms with Gasteiger partial charge >= 0.3 is 5.97 Å². The maximum absolute atomic E-state index is 9.45. The molecule has 0 radical (unpaired) electrons. The van der Waals surface area contributed by atoms with Gasteiger partial charge in [-0.15, -0.1) is 0 Å². The Kier molecular flexibility index (Phi) is 7.24. The third kappa shape index (κ3) is 17.8. The molecule has 1 unspecified atom stereocenters. The molecule has 8 nitrogen and oxygen atoms in total. The van der Waals surface area contributed by atoms with Crippen molar-refractivity contribution in [2.24, 2.45) is 11.5 Å². The summed E-state index contributed by atoms with van der Waals surface area (Å²) in [4.78, 5) is 9.45. The van der Waals surface area contributed by atoms with Crippen LogP contribution in [0.2, 0.25) is 0 Å². The molecule has 0 aliphatic carbocycles. The number of carboxylic acids is 1. The summed E-state index contributed by atoms with van der Waals surface area (Å²) in [6, 6.07) is 0. The third-order valence-electron chi connectivity index (χ3n) is 0.627. The van der Waals surface area contributed by atoms with E-state index in [9.17, 15) is 4.79 Å². The molecule has 13 heavy (non-hydrogen) atoms. The van der Waals surface area contributed by atoms with Crippen molar-refractivity contribution in [2.75, 3.05) is 0 Å². The zero-order valence-electron chi connectivity index (χ0n) is 7.03. The maximum atomic E-state index is 9.45. The summed E-state index contributed by atoms with van der Waals surface area (Å²) in [7, 11) is 0. The lowest BCUT2D eigenvalue weighted by molar-refractivity contribution is -0.145. The molecule has 0 aromatic heterocycles. The van der Waals surface area contributed by atoms with Gasteiger partial charge < -0.3 is 21.7 Å². The second-order valence-electron chi connectivity index (χ2n) is 1.97. The summed E-state index contributed by atoms with van der Waals surface area (Å²) in [6.45, 7) is 1.20. The average molecular weight is 191 g/mol. The van der Waals surface area contributed by atoms with Crippen LogP contribution in [0, 0.1) is 10.8 Å². The number of hydrogen-bond donors (Lipinski definition) is 7. The Morgan fingerprint density at radius 1 is 1.38 bits per heavy atom. The summed E-state index contributed by atoms with van der Waals surface area (Å²) in [5, 5.41) is 30.7. The fraction of sp³-hybridized carbons (Fsp3) is 0.400. The van der Waals surface area contributed by atoms with E-state index in [1.54, 1.807) is 0 Å². The molecule has 0 amide bonds. The van der Waals surface area contributed by atoms with Crippen LogP contribution in [0.3, 0.4) is 0 Å². The molecule has 0 aliphatic rings. The Bertz CT molecular complexity index is 190. The maximum Gasteiger partial charge on any atom is 0.332 e. The molecule has 0 spiro atoms. The van der Waals surface area contributed by atoms with Crippen LogP contribution in [0.15, 0.2) is 0 Å². The SMILES string of the molecule is CC(O)C(=O)O.N=C(N)NC(=N)N. The van der Waals surface area contributed by atoms with Crippen molar-refractivity contribution in [1.29, 1.82) is 10.8 Å². The lowest BCUT2D eigenvalue weighted by Gasteiger charge is -1.95. The van der Waals surface area contributed by atoms with Crippen LogP contribution in [0.5, 0.6) is 0 Å². The van der Waals surface area contributed by atoms with Crippen molar-refractivity contribution in [1.82, 2.24) is 5.32 Å². The van der Waals surface area contributed by atoms with Gasteiger partial charge in [0.05, 0.1) is 0 Å². The fourth-order valence-corrected chi connectivity index (χ4v) is 0.145. The van der Waals surface area contributed by atoms with E-state index in [2.05, 4.69) is 0 Å². The van der Waals surface area contributed by atoms with Crippen LogP contribution in [0.25, 0.3) is 0 Å². The second kappa shape index (κ2) is 6.85. The summed E-state index contributed by atoms with van der Waals surface area (Å²) in [5.74, 6) is -1.81. The molecule has 0 rings (SSSR count). The van der Waals surface area contributed by atoms with Crippen LogP contribution in [-0.4, -0.2) is 34.2 Å². The zero-order valence-corrected chi connectivity index (χ0v) is 7.03. The van der Waals surface area contributed by atoms with Crippen molar-refractivity contribution in [3.63, 3.8) is 0 Å². The van der Waals surface area contributed by atoms with Crippen LogP contribution in [0.1, 0.15) is 6.92 Å². The summed E-state index contributed by atoms with van der Waals surface area (Å²) in [6.07, 6.45) is -1.23. The largest absolute Gasteiger partial charge is 0.479 e. The minimum atomic E-state index is -1.23. The number of nitrogens with two attached hydrogens (primary N) is 2. The number of rotatable bonds is 1. The van der Waals surface area contributed by atoms with Crippen LogP contribution in [-0.2, 0) is 4.79 Å². The summed E-state index contributed by atoms with van der Waals surface area (Å²) in [5.41, 5.74) is 9.49. The van der Waals surface area contributed by atoms with E-state index in [1.807, 2.05) is 5.32 Å². The molecule has 0 aromatic carbocycles. The highest BCUT2D eigenvalue weighted by Gasteiger charge is 2.01. The van der Waals surface area contributed by atoms with Gasteiger partial charge in [0, 0.05) is 0 Å². The molecule has 9 N–H and O–H groups in total. The van der Waals surface area contributed by atoms with Gasteiger partial charge in [0.2, 0.25) is 0 Å². The van der Waals surface area contributed by atoms with Gasteiger partial charge in [0.15, 0.2) is 11.9 Å². The molecule has 0 aromatic rings. The Balaban J connectivity index is 0. The van der Waals surface area contributed by atoms with Gasteiger partial charge in [-0.2, -0.15) is 0 Å². The summed E-state index contributed by atoms with van der Waals surface area (Å²) >= 11 is 0. The van der Waals surface area contributed by atoms with Crippen LogP contribution >= 0.6 is 0 Å². The van der Waals surface area contributed by atoms with Crippen molar-refractivity contribution in [2.45, 2.75) is 13.0 Å². The minimum absolute atomic E-state index is 0.312. The Hall–Kier alpha value is -1.83. The normalized spacial score (nSPS) is 10.3. The highest BCUT2D eigenvalue weighted by Crippen LogP contribution is 1.73. The lowest BCUT2D eigenvalue weighted by Crippen LogP contribution is -2.39. The first-order valence-electron chi connectivity index (χ1n) is 3.13.